The lowest BCUT2D eigenvalue weighted by Crippen LogP contribution is -2.14. The van der Waals surface area contributed by atoms with Crippen LogP contribution in [0.2, 0.25) is 0 Å². The third-order valence-corrected chi connectivity index (χ3v) is 5.12. The number of aromatic nitrogens is 3. The van der Waals surface area contributed by atoms with E-state index in [4.69, 9.17) is 4.52 Å². The molecule has 0 atom stereocenters. The summed E-state index contributed by atoms with van der Waals surface area (Å²) in [6.45, 7) is 1.97. The van der Waals surface area contributed by atoms with Gasteiger partial charge in [-0.05, 0) is 36.6 Å². The molecule has 2 heterocycles. The maximum absolute atomic E-state index is 12.2. The van der Waals surface area contributed by atoms with Crippen molar-refractivity contribution in [2.45, 2.75) is 23.3 Å². The van der Waals surface area contributed by atoms with Gasteiger partial charge in [-0.2, -0.15) is 4.98 Å². The fourth-order valence-electron chi connectivity index (χ4n) is 2.17. The molecule has 1 N–H and O–H groups in total. The molecule has 0 aliphatic heterocycles. The number of carbonyl (C=O) groups is 1. The maximum Gasteiger partial charge on any atom is 0.258 e. The fourth-order valence-corrected chi connectivity index (χ4v) is 3.33. The average molecular weight is 387 g/mol. The largest absolute Gasteiger partial charge is 0.334 e. The Balaban J connectivity index is 1.60. The number of hydrogen-bond acceptors (Lipinski definition) is 7. The molecule has 8 heteroatoms. The van der Waals surface area contributed by atoms with E-state index < -0.39 is 0 Å². The predicted molar refractivity (Wildman–Crippen MR) is 104 cm³/mol. The van der Waals surface area contributed by atoms with Crippen molar-refractivity contribution in [1.29, 1.82) is 0 Å². The number of carbonyl (C=O) groups excluding carboxylic acids is 1. The minimum Gasteiger partial charge on any atom is -0.334 e. The molecule has 0 fully saturated rings. The molecule has 0 radical (unpaired) electrons. The molecule has 134 valence electrons. The number of rotatable bonds is 7. The van der Waals surface area contributed by atoms with Gasteiger partial charge in [-0.25, -0.2) is 4.98 Å². The van der Waals surface area contributed by atoms with E-state index in [1.54, 1.807) is 18.0 Å². The highest BCUT2D eigenvalue weighted by Crippen LogP contribution is 2.23. The van der Waals surface area contributed by atoms with Gasteiger partial charge in [0.05, 0.1) is 10.8 Å². The molecule has 0 bridgehead atoms. The topological polar surface area (TPSA) is 80.9 Å². The first kappa shape index (κ1) is 18.5. The minimum atomic E-state index is -0.0773. The number of aryl methyl sites for hydroxylation is 1. The molecule has 2 aromatic heterocycles. The Morgan fingerprint density at radius 2 is 2.15 bits per heavy atom. The Kier molecular flexibility index (Phi) is 6.30. The zero-order chi connectivity index (χ0) is 18.4. The van der Waals surface area contributed by atoms with Crippen LogP contribution in [0.3, 0.4) is 0 Å². The van der Waals surface area contributed by atoms with Gasteiger partial charge in [-0.3, -0.25) is 4.79 Å². The quantitative estimate of drug-likeness (QED) is 0.611. The summed E-state index contributed by atoms with van der Waals surface area (Å²) in [4.78, 5) is 21.9. The summed E-state index contributed by atoms with van der Waals surface area (Å²) < 4.78 is 5.24. The molecule has 1 amide bonds. The number of anilines is 1. The van der Waals surface area contributed by atoms with E-state index in [0.29, 0.717) is 18.1 Å². The van der Waals surface area contributed by atoms with E-state index in [1.807, 2.05) is 49.6 Å². The zero-order valence-electron chi connectivity index (χ0n) is 14.4. The number of nitrogens with one attached hydrogen (secondary N) is 1. The van der Waals surface area contributed by atoms with Gasteiger partial charge >= 0.3 is 0 Å². The van der Waals surface area contributed by atoms with Gasteiger partial charge in [0.15, 0.2) is 5.82 Å². The molecular weight excluding hydrogens is 368 g/mol. The zero-order valence-corrected chi connectivity index (χ0v) is 16.1. The van der Waals surface area contributed by atoms with Gasteiger partial charge in [-0.1, -0.05) is 29.9 Å². The Labute approximate surface area is 160 Å². The molecule has 6 nitrogen and oxygen atoms in total. The van der Waals surface area contributed by atoms with E-state index in [-0.39, 0.29) is 11.7 Å². The van der Waals surface area contributed by atoms with Crippen molar-refractivity contribution in [3.05, 3.63) is 48.4 Å². The van der Waals surface area contributed by atoms with Crippen LogP contribution in [0.15, 0.2) is 57.0 Å². The molecule has 26 heavy (non-hydrogen) atoms. The van der Waals surface area contributed by atoms with E-state index in [2.05, 4.69) is 20.4 Å². The minimum absolute atomic E-state index is 0.0773. The average Bonchev–Trinajstić information content (AvgIpc) is 3.16. The second kappa shape index (κ2) is 8.86. The molecule has 0 unspecified atom stereocenters. The number of nitrogens with zero attached hydrogens (tertiary/aromatic N) is 3. The number of thioether (sulfide) groups is 2. The van der Waals surface area contributed by atoms with Gasteiger partial charge in [0, 0.05) is 28.8 Å². The molecule has 3 aromatic rings. The Hall–Kier alpha value is -2.32. The van der Waals surface area contributed by atoms with Crippen molar-refractivity contribution < 1.29 is 9.32 Å². The molecular formula is C18H18N4O2S2. The summed E-state index contributed by atoms with van der Waals surface area (Å²) in [6, 6.07) is 11.4. The monoisotopic (exact) mass is 386 g/mol. The summed E-state index contributed by atoms with van der Waals surface area (Å²) in [7, 11) is 0. The van der Waals surface area contributed by atoms with Gasteiger partial charge in [0.25, 0.3) is 5.89 Å². The van der Waals surface area contributed by atoms with Crippen LogP contribution < -0.4 is 5.32 Å². The molecule has 1 aromatic carbocycles. The van der Waals surface area contributed by atoms with Crippen molar-refractivity contribution in [1.82, 2.24) is 15.1 Å². The summed E-state index contributed by atoms with van der Waals surface area (Å²) in [5.41, 5.74) is 1.59. The normalized spacial score (nSPS) is 10.7. The molecule has 0 spiro atoms. The SMILES string of the molecule is CCc1noc(-c2ccnc(SCC(=O)Nc3cccc(SC)c3)c2)n1. The van der Waals surface area contributed by atoms with E-state index in [0.717, 1.165) is 21.2 Å². The molecule has 3 rings (SSSR count). The molecule has 0 aliphatic carbocycles. The van der Waals surface area contributed by atoms with Gasteiger partial charge in [0.1, 0.15) is 0 Å². The van der Waals surface area contributed by atoms with Crippen LogP contribution in [-0.2, 0) is 11.2 Å². The first-order valence-corrected chi connectivity index (χ1v) is 10.2. The van der Waals surface area contributed by atoms with Crippen molar-refractivity contribution >= 4 is 35.1 Å². The lowest BCUT2D eigenvalue weighted by atomic mass is 10.3. The second-order valence-electron chi connectivity index (χ2n) is 5.32. The third-order valence-electron chi connectivity index (χ3n) is 3.47. The van der Waals surface area contributed by atoms with E-state index >= 15 is 0 Å². The smallest absolute Gasteiger partial charge is 0.258 e. The summed E-state index contributed by atoms with van der Waals surface area (Å²) in [6.07, 6.45) is 4.39. The predicted octanol–water partition coefficient (Wildman–Crippen LogP) is 4.15. The number of hydrogen-bond donors (Lipinski definition) is 1. The van der Waals surface area contributed by atoms with Crippen LogP contribution in [0.25, 0.3) is 11.5 Å². The van der Waals surface area contributed by atoms with Gasteiger partial charge in [-0.15, -0.1) is 11.8 Å². The van der Waals surface area contributed by atoms with Crippen LogP contribution in [0.1, 0.15) is 12.7 Å². The third kappa shape index (κ3) is 4.86. The highest BCUT2D eigenvalue weighted by Gasteiger charge is 2.10. The van der Waals surface area contributed by atoms with Crippen molar-refractivity contribution in [2.75, 3.05) is 17.3 Å². The van der Waals surface area contributed by atoms with E-state index in [1.165, 1.54) is 11.8 Å². The fraction of sp³-hybridized carbons (Fsp3) is 0.222. The first-order valence-electron chi connectivity index (χ1n) is 8.03. The lowest BCUT2D eigenvalue weighted by Gasteiger charge is -2.06. The van der Waals surface area contributed by atoms with Crippen molar-refractivity contribution in [3.63, 3.8) is 0 Å². The Bertz CT molecular complexity index is 898. The number of amides is 1. The second-order valence-corrected chi connectivity index (χ2v) is 7.20. The molecule has 0 saturated heterocycles. The number of pyridine rings is 1. The maximum atomic E-state index is 12.2. The van der Waals surface area contributed by atoms with Crippen molar-refractivity contribution in [3.8, 4) is 11.5 Å². The Morgan fingerprint density at radius 3 is 2.92 bits per heavy atom. The van der Waals surface area contributed by atoms with Crippen LogP contribution in [0, 0.1) is 0 Å². The molecule has 0 aliphatic rings. The van der Waals surface area contributed by atoms with E-state index in [9.17, 15) is 4.79 Å². The van der Waals surface area contributed by atoms with Crippen molar-refractivity contribution in [2.24, 2.45) is 0 Å². The van der Waals surface area contributed by atoms with Crippen LogP contribution in [-0.4, -0.2) is 33.0 Å². The van der Waals surface area contributed by atoms with Gasteiger partial charge in [0.2, 0.25) is 5.91 Å². The lowest BCUT2D eigenvalue weighted by molar-refractivity contribution is -0.113. The van der Waals surface area contributed by atoms with Crippen LogP contribution >= 0.6 is 23.5 Å². The summed E-state index contributed by atoms with van der Waals surface area (Å²) in [5.74, 6) is 1.32. The highest BCUT2D eigenvalue weighted by atomic mass is 32.2. The first-order chi connectivity index (χ1) is 12.7. The van der Waals surface area contributed by atoms with Crippen LogP contribution in [0.5, 0.6) is 0 Å². The standard InChI is InChI=1S/C18H18N4O2S2/c1-3-15-21-18(24-22-15)12-7-8-19-17(9-12)26-11-16(23)20-13-5-4-6-14(10-13)25-2/h4-10H,3,11H2,1-2H3,(H,20,23). The summed E-state index contributed by atoms with van der Waals surface area (Å²) >= 11 is 3.00. The molecule has 0 saturated carbocycles. The Morgan fingerprint density at radius 1 is 1.27 bits per heavy atom. The van der Waals surface area contributed by atoms with Crippen LogP contribution in [0.4, 0.5) is 5.69 Å². The van der Waals surface area contributed by atoms with Gasteiger partial charge < -0.3 is 9.84 Å². The summed E-state index contributed by atoms with van der Waals surface area (Å²) in [5, 5.41) is 7.53. The highest BCUT2D eigenvalue weighted by molar-refractivity contribution is 8.00. The number of benzene rings is 1.